The van der Waals surface area contributed by atoms with Gasteiger partial charge < -0.3 is 15.5 Å². The smallest absolute Gasteiger partial charge is 0.245 e. The first kappa shape index (κ1) is 18.2. The summed E-state index contributed by atoms with van der Waals surface area (Å²) in [5, 5.41) is 0. The van der Waals surface area contributed by atoms with Gasteiger partial charge in [0, 0.05) is 32.1 Å². The fraction of sp³-hybridized carbons (Fsp3) is 0.846. The molecular formula is C13H26ClN3O2. The van der Waals surface area contributed by atoms with E-state index in [2.05, 4.69) is 0 Å². The molecule has 2 atom stereocenters. The van der Waals surface area contributed by atoms with E-state index >= 15 is 0 Å². The first-order valence-electron chi connectivity index (χ1n) is 6.85. The third-order valence-corrected chi connectivity index (χ3v) is 3.43. The van der Waals surface area contributed by atoms with Gasteiger partial charge in [0.05, 0.1) is 0 Å². The lowest BCUT2D eigenvalue weighted by Crippen LogP contribution is -2.48. The van der Waals surface area contributed by atoms with Gasteiger partial charge in [-0.2, -0.15) is 0 Å². The maximum Gasteiger partial charge on any atom is 0.245 e. The summed E-state index contributed by atoms with van der Waals surface area (Å²) in [5.41, 5.74) is 5.65. The van der Waals surface area contributed by atoms with Crippen LogP contribution in [0.4, 0.5) is 0 Å². The summed E-state index contributed by atoms with van der Waals surface area (Å²) in [4.78, 5) is 27.9. The van der Waals surface area contributed by atoms with Crippen molar-refractivity contribution in [2.45, 2.75) is 52.1 Å². The van der Waals surface area contributed by atoms with Crippen LogP contribution in [0.2, 0.25) is 0 Å². The molecule has 0 bridgehead atoms. The maximum absolute atomic E-state index is 12.3. The number of rotatable bonds is 5. The molecule has 0 spiro atoms. The number of amides is 2. The molecule has 0 aliphatic carbocycles. The van der Waals surface area contributed by atoms with Gasteiger partial charge in [-0.1, -0.05) is 0 Å². The molecule has 2 unspecified atom stereocenters. The van der Waals surface area contributed by atoms with E-state index in [9.17, 15) is 9.59 Å². The molecule has 1 aliphatic rings. The minimum Gasteiger partial charge on any atom is -0.341 e. The zero-order valence-electron chi connectivity index (χ0n) is 12.1. The predicted octanol–water partition coefficient (Wildman–Crippen LogP) is 1.00. The first-order valence-corrected chi connectivity index (χ1v) is 6.85. The molecule has 0 saturated carbocycles. The van der Waals surface area contributed by atoms with Crippen LogP contribution < -0.4 is 5.73 Å². The predicted molar refractivity (Wildman–Crippen MR) is 78.2 cm³/mol. The van der Waals surface area contributed by atoms with Gasteiger partial charge >= 0.3 is 0 Å². The minimum atomic E-state index is -0.267. The average molecular weight is 292 g/mol. The number of halogens is 1. The quantitative estimate of drug-likeness (QED) is 0.822. The van der Waals surface area contributed by atoms with Crippen molar-refractivity contribution in [2.75, 3.05) is 19.6 Å². The number of hydrogen-bond donors (Lipinski definition) is 1. The molecule has 19 heavy (non-hydrogen) atoms. The lowest BCUT2D eigenvalue weighted by atomic mass is 10.1. The molecular weight excluding hydrogens is 266 g/mol. The van der Waals surface area contributed by atoms with Crippen LogP contribution in [-0.4, -0.2) is 53.3 Å². The molecule has 0 aromatic heterocycles. The second-order valence-electron chi connectivity index (χ2n) is 4.94. The summed E-state index contributed by atoms with van der Waals surface area (Å²) in [6, 6.07) is -0.418. The van der Waals surface area contributed by atoms with Crippen LogP contribution in [-0.2, 0) is 9.59 Å². The number of hydrogen-bond acceptors (Lipinski definition) is 3. The SMILES string of the molecule is CCN(CC)C(=O)C1CCCN1C(=O)CC(C)N.Cl. The third kappa shape index (κ3) is 4.66. The van der Waals surface area contributed by atoms with Crippen molar-refractivity contribution in [3.8, 4) is 0 Å². The van der Waals surface area contributed by atoms with Crippen LogP contribution in [0.25, 0.3) is 0 Å². The largest absolute Gasteiger partial charge is 0.341 e. The molecule has 6 heteroatoms. The highest BCUT2D eigenvalue weighted by molar-refractivity contribution is 5.88. The van der Waals surface area contributed by atoms with Gasteiger partial charge in [0.1, 0.15) is 6.04 Å². The minimum absolute atomic E-state index is 0. The van der Waals surface area contributed by atoms with Gasteiger partial charge in [0.2, 0.25) is 11.8 Å². The second-order valence-corrected chi connectivity index (χ2v) is 4.94. The average Bonchev–Trinajstić information content (AvgIpc) is 2.78. The van der Waals surface area contributed by atoms with Crippen LogP contribution in [0.1, 0.15) is 40.0 Å². The third-order valence-electron chi connectivity index (χ3n) is 3.43. The van der Waals surface area contributed by atoms with Gasteiger partial charge in [-0.15, -0.1) is 12.4 Å². The van der Waals surface area contributed by atoms with Crippen LogP contribution in [0, 0.1) is 0 Å². The molecule has 0 radical (unpaired) electrons. The maximum atomic E-state index is 12.3. The summed E-state index contributed by atoms with van der Waals surface area (Å²) in [5.74, 6) is 0.0866. The van der Waals surface area contributed by atoms with Crippen LogP contribution in [0.3, 0.4) is 0 Å². The van der Waals surface area contributed by atoms with Crippen molar-refractivity contribution in [3.63, 3.8) is 0 Å². The fourth-order valence-electron chi connectivity index (χ4n) is 2.46. The lowest BCUT2D eigenvalue weighted by molar-refractivity contribution is -0.143. The molecule has 0 aromatic carbocycles. The summed E-state index contributed by atoms with van der Waals surface area (Å²) < 4.78 is 0. The number of nitrogens with two attached hydrogens (primary N) is 1. The van der Waals surface area contributed by atoms with E-state index in [0.717, 1.165) is 12.8 Å². The standard InChI is InChI=1S/C13H25N3O2.ClH/c1-4-15(5-2)13(18)11-7-6-8-16(11)12(17)9-10(3)14;/h10-11H,4-9,14H2,1-3H3;1H. The highest BCUT2D eigenvalue weighted by Crippen LogP contribution is 2.20. The molecule has 5 nitrogen and oxygen atoms in total. The van der Waals surface area contributed by atoms with Crippen LogP contribution >= 0.6 is 12.4 Å². The summed E-state index contributed by atoms with van der Waals surface area (Å²) in [7, 11) is 0. The van der Waals surface area contributed by atoms with Gasteiger partial charge in [0.25, 0.3) is 0 Å². The van der Waals surface area contributed by atoms with E-state index in [1.165, 1.54) is 0 Å². The topological polar surface area (TPSA) is 66.6 Å². The second kappa shape index (κ2) is 8.38. The number of nitrogens with zero attached hydrogens (tertiary/aromatic N) is 2. The van der Waals surface area contributed by atoms with Gasteiger partial charge in [-0.25, -0.2) is 0 Å². The Hall–Kier alpha value is -0.810. The molecule has 1 aliphatic heterocycles. The van der Waals surface area contributed by atoms with Crippen molar-refractivity contribution >= 4 is 24.2 Å². The highest BCUT2D eigenvalue weighted by atomic mass is 35.5. The Morgan fingerprint density at radius 3 is 2.42 bits per heavy atom. The lowest BCUT2D eigenvalue weighted by Gasteiger charge is -2.29. The first-order chi connectivity index (χ1) is 8.51. The summed E-state index contributed by atoms with van der Waals surface area (Å²) in [6.07, 6.45) is 2.00. The van der Waals surface area contributed by atoms with E-state index < -0.39 is 0 Å². The Balaban J connectivity index is 0.00000324. The van der Waals surface area contributed by atoms with Gasteiger partial charge in [-0.3, -0.25) is 9.59 Å². The summed E-state index contributed by atoms with van der Waals surface area (Å²) >= 11 is 0. The van der Waals surface area contributed by atoms with E-state index in [1.807, 2.05) is 20.8 Å². The Bertz CT molecular complexity index is 306. The van der Waals surface area contributed by atoms with Crippen LogP contribution in [0.5, 0.6) is 0 Å². The number of likely N-dealkylation sites (tertiary alicyclic amines) is 1. The fourth-order valence-corrected chi connectivity index (χ4v) is 2.46. The number of likely N-dealkylation sites (N-methyl/N-ethyl adjacent to an activating group) is 1. The number of carbonyl (C=O) groups excluding carboxylic acids is 2. The Morgan fingerprint density at radius 2 is 1.95 bits per heavy atom. The molecule has 112 valence electrons. The van der Waals surface area contributed by atoms with Gasteiger partial charge in [0.15, 0.2) is 0 Å². The van der Waals surface area contributed by atoms with E-state index in [0.29, 0.717) is 26.1 Å². The van der Waals surface area contributed by atoms with E-state index in [-0.39, 0.29) is 36.3 Å². The van der Waals surface area contributed by atoms with Crippen molar-refractivity contribution in [3.05, 3.63) is 0 Å². The highest BCUT2D eigenvalue weighted by Gasteiger charge is 2.35. The zero-order chi connectivity index (χ0) is 13.7. The van der Waals surface area contributed by atoms with Gasteiger partial charge in [-0.05, 0) is 33.6 Å². The zero-order valence-corrected chi connectivity index (χ0v) is 12.9. The molecule has 1 rings (SSSR count). The molecule has 1 fully saturated rings. The number of carbonyl (C=O) groups is 2. The Morgan fingerprint density at radius 1 is 1.37 bits per heavy atom. The van der Waals surface area contributed by atoms with E-state index in [1.54, 1.807) is 9.80 Å². The van der Waals surface area contributed by atoms with Crippen molar-refractivity contribution in [1.82, 2.24) is 9.80 Å². The van der Waals surface area contributed by atoms with Crippen molar-refractivity contribution in [2.24, 2.45) is 5.73 Å². The van der Waals surface area contributed by atoms with Crippen molar-refractivity contribution < 1.29 is 9.59 Å². The molecule has 2 amide bonds. The molecule has 1 heterocycles. The Kier molecular flexibility index (Phi) is 8.02. The molecule has 1 saturated heterocycles. The molecule has 0 aromatic rings. The van der Waals surface area contributed by atoms with Crippen LogP contribution in [0.15, 0.2) is 0 Å². The Labute approximate surface area is 121 Å². The summed E-state index contributed by atoms with van der Waals surface area (Å²) in [6.45, 7) is 7.82. The molecule has 2 N–H and O–H groups in total. The van der Waals surface area contributed by atoms with Crippen molar-refractivity contribution in [1.29, 1.82) is 0 Å². The normalized spacial score (nSPS) is 19.8. The van der Waals surface area contributed by atoms with E-state index in [4.69, 9.17) is 5.73 Å². The monoisotopic (exact) mass is 291 g/mol.